The largest absolute Gasteiger partial charge is 0.491 e. The van der Waals surface area contributed by atoms with Gasteiger partial charge in [-0.3, -0.25) is 9.59 Å². The minimum Gasteiger partial charge on any atom is -0.491 e. The molecule has 22 heavy (non-hydrogen) atoms. The topological polar surface area (TPSA) is 102 Å². The highest BCUT2D eigenvalue weighted by Crippen LogP contribution is 2.30. The van der Waals surface area contributed by atoms with Gasteiger partial charge in [0.1, 0.15) is 6.04 Å². The Labute approximate surface area is 132 Å². The number of nitrogens with one attached hydrogen (secondary N) is 1. The Bertz CT molecular complexity index is 610. The molecule has 4 N–H and O–H groups in total. The molecule has 1 atom stereocenters. The van der Waals surface area contributed by atoms with Crippen LogP contribution in [0, 0.1) is 11.6 Å². The van der Waals surface area contributed by atoms with E-state index < -0.39 is 56.9 Å². The molecule has 0 saturated carbocycles. The van der Waals surface area contributed by atoms with Gasteiger partial charge < -0.3 is 20.9 Å². The van der Waals surface area contributed by atoms with Crippen molar-refractivity contribution < 1.29 is 28.2 Å². The molecule has 0 spiro atoms. The Morgan fingerprint density at radius 2 is 2.00 bits per heavy atom. The van der Waals surface area contributed by atoms with Gasteiger partial charge in [-0.15, -0.1) is 5.79 Å². The summed E-state index contributed by atoms with van der Waals surface area (Å²) in [5.74, 6) is -2.72. The monoisotopic (exact) mass is 329 g/mol. The number of halogens is 2. The first kappa shape index (κ1) is 18.4. The number of carbonyl (C=O) groups excluding carboxylic acids is 1. The third kappa shape index (κ3) is 3.74. The van der Waals surface area contributed by atoms with Gasteiger partial charge in [-0.1, -0.05) is 4.43 Å². The summed E-state index contributed by atoms with van der Waals surface area (Å²) in [5, 5.41) is 11.2. The summed E-state index contributed by atoms with van der Waals surface area (Å²) >= 11 is -0.635. The molecular weight excluding hydrogens is 313 g/mol. The molecule has 0 fully saturated rings. The van der Waals surface area contributed by atoms with Crippen LogP contribution in [0.5, 0.6) is 5.75 Å². The number of carbonyl (C=O) groups is 2. The molecule has 1 radical (unpaired) electrons. The van der Waals surface area contributed by atoms with Gasteiger partial charge in [-0.2, -0.15) is 0 Å². The second-order valence-electron chi connectivity index (χ2n) is 4.55. The van der Waals surface area contributed by atoms with E-state index in [2.05, 4.69) is 5.32 Å². The zero-order chi connectivity index (χ0) is 17.0. The van der Waals surface area contributed by atoms with E-state index in [4.69, 9.17) is 15.6 Å². The lowest BCUT2D eigenvalue weighted by atomic mass is 10.0. The zero-order valence-electron chi connectivity index (χ0n) is 12.4. The molecule has 6 nitrogen and oxygen atoms in total. The Balaban J connectivity index is 3.60. The molecule has 1 unspecified atom stereocenters. The number of aliphatic carboxylic acids is 1. The van der Waals surface area contributed by atoms with Gasteiger partial charge in [-0.25, -0.2) is 8.78 Å². The van der Waals surface area contributed by atoms with Crippen LogP contribution in [-0.2, 0) is 16.0 Å². The zero-order valence-corrected chi connectivity index (χ0v) is 13.5. The van der Waals surface area contributed by atoms with Crippen molar-refractivity contribution in [2.24, 2.45) is 5.73 Å². The molecule has 0 heterocycles. The Kier molecular flexibility index (Phi) is 6.29. The van der Waals surface area contributed by atoms with Gasteiger partial charge in [0.25, 0.3) is 15.2 Å². The normalized spacial score (nSPS) is 11.7. The lowest BCUT2D eigenvalue weighted by Crippen LogP contribution is -2.35. The highest BCUT2D eigenvalue weighted by molar-refractivity contribution is 6.54. The van der Waals surface area contributed by atoms with Crippen molar-refractivity contribution >= 4 is 37.2 Å². The number of nitrogens with two attached hydrogens (primary N) is 1. The first-order valence-electron chi connectivity index (χ1n) is 6.37. The van der Waals surface area contributed by atoms with Gasteiger partial charge >= 0.3 is 5.97 Å². The summed E-state index contributed by atoms with van der Waals surface area (Å²) in [6.07, 6.45) is -0.403. The number of rotatable bonds is 6. The fourth-order valence-corrected chi connectivity index (χ4v) is 2.93. The maximum Gasteiger partial charge on any atom is 0.320 e. The van der Waals surface area contributed by atoms with E-state index >= 15 is 0 Å². The number of hydrogen-bond acceptors (Lipinski definition) is 4. The molecule has 119 valence electrons. The van der Waals surface area contributed by atoms with Crippen LogP contribution in [0.2, 0.25) is 5.79 Å². The number of benzene rings is 1. The van der Waals surface area contributed by atoms with Crippen LogP contribution < -0.4 is 20.2 Å². The molecule has 1 aromatic carbocycles. The molecule has 0 saturated heterocycles. The Hall–Kier alpha value is -1.69. The van der Waals surface area contributed by atoms with E-state index in [0.29, 0.717) is 0 Å². The van der Waals surface area contributed by atoms with Crippen molar-refractivity contribution in [2.45, 2.75) is 25.2 Å². The molecule has 1 rings (SSSR count). The molecule has 0 aliphatic heterocycles. The highest BCUT2D eigenvalue weighted by atomic mass is 27.1. The van der Waals surface area contributed by atoms with Crippen molar-refractivity contribution in [3.63, 3.8) is 0 Å². The minimum absolute atomic E-state index is 0.0579. The van der Waals surface area contributed by atoms with E-state index in [1.807, 2.05) is 0 Å². The summed E-state index contributed by atoms with van der Waals surface area (Å²) in [6, 6.07) is -1.39. The number of carboxylic acid groups (broad SMARTS) is 1. The first-order valence-corrected chi connectivity index (χ1v) is 8.10. The van der Waals surface area contributed by atoms with Crippen molar-refractivity contribution in [2.75, 3.05) is 12.4 Å². The Morgan fingerprint density at radius 1 is 1.41 bits per heavy atom. The third-order valence-electron chi connectivity index (χ3n) is 3.01. The van der Waals surface area contributed by atoms with E-state index in [1.54, 1.807) is 5.79 Å². The molecule has 0 aliphatic carbocycles. The smallest absolute Gasteiger partial charge is 0.320 e. The molecule has 0 bridgehead atoms. The van der Waals surface area contributed by atoms with E-state index in [9.17, 15) is 18.4 Å². The molecule has 0 aliphatic rings. The standard InChI is InChI=1S/C12H13F2N2O4.CH3.Al/c1-5(17)16-9-4-7(13)11(20-2)10(14)6(9)3-8(15)12(18)19;;/h8H,3,15H2,1-2H3,(H,16,17)(H,18,19);1H3;. The van der Waals surface area contributed by atoms with Gasteiger partial charge in [0.2, 0.25) is 5.91 Å². The maximum atomic E-state index is 14.4. The van der Waals surface area contributed by atoms with E-state index in [-0.39, 0.29) is 15.7 Å². The van der Waals surface area contributed by atoms with Crippen LogP contribution in [0.3, 0.4) is 0 Å². The molecule has 1 amide bonds. The van der Waals surface area contributed by atoms with Crippen LogP contribution in [0.4, 0.5) is 14.5 Å². The van der Waals surface area contributed by atoms with Crippen LogP contribution in [0.15, 0.2) is 0 Å². The van der Waals surface area contributed by atoms with Crippen molar-refractivity contribution in [3.05, 3.63) is 17.2 Å². The van der Waals surface area contributed by atoms with Gasteiger partial charge in [0.15, 0.2) is 17.4 Å². The van der Waals surface area contributed by atoms with Crippen LogP contribution >= 0.6 is 0 Å². The van der Waals surface area contributed by atoms with Crippen LogP contribution in [-0.4, -0.2) is 45.4 Å². The predicted octanol–water partition coefficient (Wildman–Crippen LogP) is 0.264. The lowest BCUT2D eigenvalue weighted by Gasteiger charge is -2.20. The number of methoxy groups -OCH3 is 1. The van der Waals surface area contributed by atoms with Gasteiger partial charge in [0, 0.05) is 24.6 Å². The van der Waals surface area contributed by atoms with E-state index in [1.165, 1.54) is 6.92 Å². The second-order valence-corrected chi connectivity index (χ2v) is 5.70. The number of amides is 1. The van der Waals surface area contributed by atoms with Crippen molar-refractivity contribution in [3.8, 4) is 5.75 Å². The molecule has 1 aromatic rings. The number of hydrogen-bond donors (Lipinski definition) is 3. The number of ether oxygens (including phenoxy) is 1. The Morgan fingerprint density at radius 3 is 2.41 bits per heavy atom. The number of anilines is 1. The van der Waals surface area contributed by atoms with Gasteiger partial charge in [-0.05, 0) is 0 Å². The third-order valence-corrected chi connectivity index (χ3v) is 4.13. The van der Waals surface area contributed by atoms with Crippen molar-refractivity contribution in [1.29, 1.82) is 0 Å². The lowest BCUT2D eigenvalue weighted by molar-refractivity contribution is -0.138. The van der Waals surface area contributed by atoms with E-state index in [0.717, 1.165) is 7.11 Å². The summed E-state index contributed by atoms with van der Waals surface area (Å²) in [4.78, 5) is 22.2. The second kappa shape index (κ2) is 7.54. The molecule has 9 heteroatoms. The van der Waals surface area contributed by atoms with Crippen molar-refractivity contribution in [1.82, 2.24) is 0 Å². The maximum absolute atomic E-state index is 14.4. The van der Waals surface area contributed by atoms with Gasteiger partial charge in [0.05, 0.1) is 7.11 Å². The van der Waals surface area contributed by atoms with Crippen LogP contribution in [0.25, 0.3) is 0 Å². The first-order chi connectivity index (χ1) is 10.2. The van der Waals surface area contributed by atoms with Crippen LogP contribution in [0.1, 0.15) is 12.5 Å². The predicted molar refractivity (Wildman–Crippen MR) is 77.8 cm³/mol. The summed E-state index contributed by atoms with van der Waals surface area (Å²) < 4.78 is 33.5. The summed E-state index contributed by atoms with van der Waals surface area (Å²) in [5.41, 5.74) is 5.20. The fourth-order valence-electron chi connectivity index (χ4n) is 2.01. The molecular formula is C13H16AlF2N2O4. The summed E-state index contributed by atoms with van der Waals surface area (Å²) in [6.45, 7) is 1.19. The average molecular weight is 329 g/mol. The SMILES string of the molecule is COc1c(F)c(CC(N)C(=O)O)c(NC(C)=O)[c]([Al][CH3])c1F. The minimum atomic E-state index is -1.39. The molecule has 0 aromatic heterocycles. The summed E-state index contributed by atoms with van der Waals surface area (Å²) in [7, 11) is 1.11. The quantitative estimate of drug-likeness (QED) is 0.650. The fraction of sp³-hybridized carbons (Fsp3) is 0.385. The average Bonchev–Trinajstić information content (AvgIpc) is 2.43. The highest BCUT2D eigenvalue weighted by Gasteiger charge is 2.27. The number of carboxylic acids is 1.